The molecule has 0 bridgehead atoms. The van der Waals surface area contributed by atoms with Crippen molar-refractivity contribution in [3.8, 4) is 0 Å². The molecule has 8 heteroatoms. The first kappa shape index (κ1) is 23.6. The highest BCUT2D eigenvalue weighted by atomic mass is 16.3. The maximum Gasteiger partial charge on any atom is 0.290 e. The van der Waals surface area contributed by atoms with Gasteiger partial charge in [0.2, 0.25) is 5.91 Å². The first-order valence-electron chi connectivity index (χ1n) is 11.1. The molecular weight excluding hydrogens is 406 g/mol. The van der Waals surface area contributed by atoms with E-state index in [4.69, 9.17) is 19.9 Å². The quantitative estimate of drug-likeness (QED) is 0.706. The van der Waals surface area contributed by atoms with E-state index in [-0.39, 0.29) is 23.2 Å². The van der Waals surface area contributed by atoms with Gasteiger partial charge in [0.25, 0.3) is 6.47 Å². The molecule has 1 atom stereocenters. The Morgan fingerprint density at radius 2 is 2.06 bits per heavy atom. The molecule has 1 aliphatic carbocycles. The molecule has 1 unspecified atom stereocenters. The first-order valence-corrected chi connectivity index (χ1v) is 11.1. The summed E-state index contributed by atoms with van der Waals surface area (Å²) in [6, 6.07) is 4.02. The number of carbonyl (C=O) groups is 2. The number of fused-ring (bicyclic) bond motifs is 2. The van der Waals surface area contributed by atoms with Crippen molar-refractivity contribution in [3.63, 3.8) is 0 Å². The summed E-state index contributed by atoms with van der Waals surface area (Å²) in [5.41, 5.74) is 3.35. The highest BCUT2D eigenvalue weighted by Crippen LogP contribution is 2.46. The molecule has 8 nitrogen and oxygen atoms in total. The van der Waals surface area contributed by atoms with E-state index < -0.39 is 0 Å². The molecule has 2 aromatic heterocycles. The Morgan fingerprint density at radius 1 is 1.31 bits per heavy atom. The van der Waals surface area contributed by atoms with E-state index in [0.717, 1.165) is 61.7 Å². The fraction of sp³-hybridized carbons (Fsp3) is 0.542. The van der Waals surface area contributed by atoms with Gasteiger partial charge in [-0.1, -0.05) is 26.8 Å². The second-order valence-electron chi connectivity index (χ2n) is 9.62. The number of aromatic nitrogens is 3. The second kappa shape index (κ2) is 9.63. The highest BCUT2D eigenvalue weighted by Gasteiger charge is 2.45. The lowest BCUT2D eigenvalue weighted by atomic mass is 9.77. The van der Waals surface area contributed by atoms with Crippen LogP contribution in [0.5, 0.6) is 0 Å². The zero-order valence-corrected chi connectivity index (χ0v) is 19.4. The molecule has 4 rings (SSSR count). The first-order chi connectivity index (χ1) is 15.2. The monoisotopic (exact) mass is 439 g/mol. The van der Waals surface area contributed by atoms with Crippen LogP contribution in [0.25, 0.3) is 0 Å². The summed E-state index contributed by atoms with van der Waals surface area (Å²) in [7, 11) is 0. The van der Waals surface area contributed by atoms with Crippen LogP contribution in [0.3, 0.4) is 0 Å². The summed E-state index contributed by atoms with van der Waals surface area (Å²) in [5.74, 6) is 1.98. The summed E-state index contributed by atoms with van der Waals surface area (Å²) >= 11 is 0. The zero-order valence-electron chi connectivity index (χ0n) is 19.4. The number of anilines is 1. The van der Waals surface area contributed by atoms with Gasteiger partial charge in [0.15, 0.2) is 0 Å². The van der Waals surface area contributed by atoms with E-state index >= 15 is 0 Å². The van der Waals surface area contributed by atoms with Crippen LogP contribution in [0.1, 0.15) is 69.6 Å². The number of hydrogen-bond donors (Lipinski definition) is 2. The van der Waals surface area contributed by atoms with E-state index in [1.165, 1.54) is 5.56 Å². The lowest BCUT2D eigenvalue weighted by Gasteiger charge is -2.40. The Kier molecular flexibility index (Phi) is 7.11. The molecule has 1 amide bonds. The Morgan fingerprint density at radius 3 is 2.69 bits per heavy atom. The van der Waals surface area contributed by atoms with Crippen LogP contribution in [0.2, 0.25) is 0 Å². The molecule has 1 aliphatic heterocycles. The van der Waals surface area contributed by atoms with Crippen LogP contribution < -0.4 is 5.32 Å². The third kappa shape index (κ3) is 5.06. The maximum absolute atomic E-state index is 12.1. The number of piperidine rings is 1. The van der Waals surface area contributed by atoms with Gasteiger partial charge in [-0.05, 0) is 37.3 Å². The number of likely N-dealkylation sites (tertiary alicyclic amines) is 1. The summed E-state index contributed by atoms with van der Waals surface area (Å²) in [6.07, 6.45) is 7.79. The van der Waals surface area contributed by atoms with E-state index in [0.29, 0.717) is 6.54 Å². The minimum Gasteiger partial charge on any atom is -0.483 e. The topological polar surface area (TPSA) is 108 Å². The molecule has 0 aromatic carbocycles. The van der Waals surface area contributed by atoms with Gasteiger partial charge in [-0.2, -0.15) is 0 Å². The van der Waals surface area contributed by atoms with Crippen LogP contribution >= 0.6 is 0 Å². The zero-order chi connectivity index (χ0) is 23.4. The van der Waals surface area contributed by atoms with Gasteiger partial charge in [-0.3, -0.25) is 14.6 Å². The van der Waals surface area contributed by atoms with Gasteiger partial charge in [-0.15, -0.1) is 0 Å². The number of carboxylic acid groups (broad SMARTS) is 1. The molecule has 1 fully saturated rings. The Labute approximate surface area is 189 Å². The molecule has 0 radical (unpaired) electrons. The number of nitrogens with one attached hydrogen (secondary N) is 1. The van der Waals surface area contributed by atoms with Crippen molar-refractivity contribution in [1.29, 1.82) is 0 Å². The summed E-state index contributed by atoms with van der Waals surface area (Å²) in [4.78, 5) is 36.7. The van der Waals surface area contributed by atoms with Crippen molar-refractivity contribution >= 4 is 18.2 Å². The van der Waals surface area contributed by atoms with Crippen molar-refractivity contribution in [2.24, 2.45) is 0 Å². The van der Waals surface area contributed by atoms with Gasteiger partial charge in [0.1, 0.15) is 11.6 Å². The van der Waals surface area contributed by atoms with Gasteiger partial charge in [-0.25, -0.2) is 9.97 Å². The Bertz CT molecular complexity index is 958. The van der Waals surface area contributed by atoms with Gasteiger partial charge < -0.3 is 15.3 Å². The SMILES string of the molecule is CC(=O)N1CCCC2(CCc3c(NCc4cccnc4)nc(C(C)(C)C)nc32)C1.O=CO. The predicted molar refractivity (Wildman–Crippen MR) is 122 cm³/mol. The molecule has 172 valence electrons. The van der Waals surface area contributed by atoms with Crippen molar-refractivity contribution in [1.82, 2.24) is 19.9 Å². The standard InChI is InChI=1S/C23H31N5O.CH2O2/c1-16(29)28-12-6-9-23(15-28)10-8-18-19(23)26-21(22(2,3)4)27-20(18)25-14-17-7-5-11-24-13-17;2-1-3/h5,7,11,13H,6,8-10,12,14-15H2,1-4H3,(H,25,26,27);1H,(H,2,3). The normalized spacial score (nSPS) is 19.7. The average molecular weight is 440 g/mol. The number of carbonyl (C=O) groups excluding carboxylic acids is 1. The van der Waals surface area contributed by atoms with Gasteiger partial charge in [0.05, 0.1) is 5.69 Å². The minimum atomic E-state index is -0.250. The third-order valence-corrected chi connectivity index (χ3v) is 6.24. The van der Waals surface area contributed by atoms with Crippen LogP contribution in [0.15, 0.2) is 24.5 Å². The molecule has 1 spiro atoms. The average Bonchev–Trinajstić information content (AvgIpc) is 3.10. The van der Waals surface area contributed by atoms with Gasteiger partial charge in [0, 0.05) is 55.3 Å². The molecule has 2 aromatic rings. The lowest BCUT2D eigenvalue weighted by Crippen LogP contribution is -2.47. The molecule has 2 aliphatic rings. The van der Waals surface area contributed by atoms with Crippen LogP contribution in [0.4, 0.5) is 5.82 Å². The Hall–Kier alpha value is -3.03. The second-order valence-corrected chi connectivity index (χ2v) is 9.62. The molecule has 0 saturated carbocycles. The molecule has 3 heterocycles. The van der Waals surface area contributed by atoms with Crippen LogP contribution in [0, 0.1) is 0 Å². The fourth-order valence-corrected chi connectivity index (χ4v) is 4.61. The van der Waals surface area contributed by atoms with E-state index in [1.807, 2.05) is 17.2 Å². The fourth-order valence-electron chi connectivity index (χ4n) is 4.61. The van der Waals surface area contributed by atoms with Gasteiger partial charge >= 0.3 is 0 Å². The number of hydrogen-bond acceptors (Lipinski definition) is 6. The smallest absolute Gasteiger partial charge is 0.290 e. The highest BCUT2D eigenvalue weighted by molar-refractivity contribution is 5.73. The number of nitrogens with zero attached hydrogens (tertiary/aromatic N) is 4. The number of pyridine rings is 1. The summed E-state index contributed by atoms with van der Waals surface area (Å²) in [5, 5.41) is 10.4. The summed E-state index contributed by atoms with van der Waals surface area (Å²) in [6.45, 7) is 10.2. The molecular formula is C24H33N5O3. The Balaban J connectivity index is 0.000000913. The third-order valence-electron chi connectivity index (χ3n) is 6.24. The number of amides is 1. The summed E-state index contributed by atoms with van der Waals surface area (Å²) < 4.78 is 0. The van der Waals surface area contributed by atoms with Crippen molar-refractivity contribution in [3.05, 3.63) is 47.2 Å². The van der Waals surface area contributed by atoms with E-state index in [1.54, 1.807) is 13.1 Å². The van der Waals surface area contributed by atoms with E-state index in [2.05, 4.69) is 37.1 Å². The molecule has 2 N–H and O–H groups in total. The van der Waals surface area contributed by atoms with Crippen molar-refractivity contribution in [2.75, 3.05) is 18.4 Å². The van der Waals surface area contributed by atoms with Crippen molar-refractivity contribution < 1.29 is 14.7 Å². The van der Waals surface area contributed by atoms with E-state index in [9.17, 15) is 4.79 Å². The minimum absolute atomic E-state index is 0.0348. The number of rotatable bonds is 3. The largest absolute Gasteiger partial charge is 0.483 e. The van der Waals surface area contributed by atoms with Crippen LogP contribution in [-0.2, 0) is 33.4 Å². The van der Waals surface area contributed by atoms with Crippen molar-refractivity contribution in [2.45, 2.75) is 70.8 Å². The van der Waals surface area contributed by atoms with Crippen LogP contribution in [-0.4, -0.2) is 50.4 Å². The molecule has 32 heavy (non-hydrogen) atoms. The lowest BCUT2D eigenvalue weighted by molar-refractivity contribution is -0.131. The molecule has 1 saturated heterocycles. The predicted octanol–water partition coefficient (Wildman–Crippen LogP) is 3.31. The maximum atomic E-state index is 12.1.